The summed E-state index contributed by atoms with van der Waals surface area (Å²) in [5.74, 6) is 0.201. The molecule has 0 aliphatic rings. The Morgan fingerprint density at radius 1 is 1.11 bits per heavy atom. The normalized spacial score (nSPS) is 13.3. The zero-order valence-electron chi connectivity index (χ0n) is 13.2. The number of hydrogen-bond acceptors (Lipinski definition) is 3. The molecule has 0 saturated heterocycles. The summed E-state index contributed by atoms with van der Waals surface area (Å²) in [5.41, 5.74) is -0.569. The SMILES string of the molecule is CC(C)CNC(=O)C(NC(=O)OC(C)(C)C)C(C)C. The zero-order valence-corrected chi connectivity index (χ0v) is 13.2. The first-order valence-corrected chi connectivity index (χ1v) is 6.80. The summed E-state index contributed by atoms with van der Waals surface area (Å²) >= 11 is 0. The molecule has 0 aromatic rings. The summed E-state index contributed by atoms with van der Waals surface area (Å²) in [4.78, 5) is 23.7. The van der Waals surface area contributed by atoms with Crippen molar-refractivity contribution in [2.24, 2.45) is 11.8 Å². The van der Waals surface area contributed by atoms with E-state index in [1.165, 1.54) is 0 Å². The Balaban J connectivity index is 4.49. The maximum Gasteiger partial charge on any atom is 0.408 e. The van der Waals surface area contributed by atoms with Gasteiger partial charge in [0.1, 0.15) is 11.6 Å². The van der Waals surface area contributed by atoms with Crippen molar-refractivity contribution in [3.63, 3.8) is 0 Å². The lowest BCUT2D eigenvalue weighted by atomic mass is 10.0. The molecular formula is C14H28N2O3. The third-order valence-corrected chi connectivity index (χ3v) is 2.31. The predicted molar refractivity (Wildman–Crippen MR) is 75.8 cm³/mol. The second kappa shape index (κ2) is 7.36. The molecule has 0 aromatic carbocycles. The van der Waals surface area contributed by atoms with E-state index < -0.39 is 17.7 Å². The predicted octanol–water partition coefficient (Wildman–Crippen LogP) is 2.31. The molecule has 1 unspecified atom stereocenters. The standard InChI is InChI=1S/C14H28N2O3/c1-9(2)8-15-12(17)11(10(3)4)16-13(18)19-14(5,6)7/h9-11H,8H2,1-7H3,(H,15,17)(H,16,18). The fourth-order valence-electron chi connectivity index (χ4n) is 1.38. The molecule has 0 radical (unpaired) electrons. The molecule has 0 aliphatic carbocycles. The Kier molecular flexibility index (Phi) is 6.87. The van der Waals surface area contributed by atoms with Crippen LogP contribution in [0.3, 0.4) is 0 Å². The van der Waals surface area contributed by atoms with Gasteiger partial charge in [-0.1, -0.05) is 27.7 Å². The van der Waals surface area contributed by atoms with Gasteiger partial charge in [0.15, 0.2) is 0 Å². The fraction of sp³-hybridized carbons (Fsp3) is 0.857. The molecule has 0 fully saturated rings. The van der Waals surface area contributed by atoms with Gasteiger partial charge in [0, 0.05) is 6.54 Å². The highest BCUT2D eigenvalue weighted by atomic mass is 16.6. The van der Waals surface area contributed by atoms with E-state index in [0.29, 0.717) is 12.5 Å². The Hall–Kier alpha value is -1.26. The van der Waals surface area contributed by atoms with Gasteiger partial charge in [0.2, 0.25) is 5.91 Å². The summed E-state index contributed by atoms with van der Waals surface area (Å²) in [7, 11) is 0. The van der Waals surface area contributed by atoms with E-state index in [1.54, 1.807) is 20.8 Å². The van der Waals surface area contributed by atoms with Crippen molar-refractivity contribution in [1.82, 2.24) is 10.6 Å². The molecule has 19 heavy (non-hydrogen) atoms. The average Bonchev–Trinajstić information content (AvgIpc) is 2.19. The topological polar surface area (TPSA) is 67.4 Å². The summed E-state index contributed by atoms with van der Waals surface area (Å²) in [5, 5.41) is 5.45. The van der Waals surface area contributed by atoms with Crippen molar-refractivity contribution in [2.75, 3.05) is 6.54 Å². The van der Waals surface area contributed by atoms with E-state index in [4.69, 9.17) is 4.74 Å². The van der Waals surface area contributed by atoms with E-state index in [2.05, 4.69) is 10.6 Å². The van der Waals surface area contributed by atoms with Crippen LogP contribution in [-0.2, 0) is 9.53 Å². The lowest BCUT2D eigenvalue weighted by molar-refractivity contribution is -0.124. The molecule has 0 rings (SSSR count). The maximum atomic E-state index is 12.0. The largest absolute Gasteiger partial charge is 0.444 e. The third kappa shape index (κ3) is 8.46. The molecule has 0 aromatic heterocycles. The van der Waals surface area contributed by atoms with Crippen molar-refractivity contribution >= 4 is 12.0 Å². The highest BCUT2D eigenvalue weighted by Crippen LogP contribution is 2.09. The first-order chi connectivity index (χ1) is 8.53. The van der Waals surface area contributed by atoms with Gasteiger partial charge in [-0.25, -0.2) is 4.79 Å². The number of carbonyl (C=O) groups excluding carboxylic acids is 2. The summed E-state index contributed by atoms with van der Waals surface area (Å²) in [6.45, 7) is 13.8. The maximum absolute atomic E-state index is 12.0. The van der Waals surface area contributed by atoms with Gasteiger partial charge in [-0.15, -0.1) is 0 Å². The van der Waals surface area contributed by atoms with E-state index in [-0.39, 0.29) is 11.8 Å². The summed E-state index contributed by atoms with van der Waals surface area (Å²) in [6.07, 6.45) is -0.564. The van der Waals surface area contributed by atoms with Crippen LogP contribution >= 0.6 is 0 Å². The number of hydrogen-bond donors (Lipinski definition) is 2. The molecule has 0 spiro atoms. The molecule has 5 heteroatoms. The van der Waals surface area contributed by atoms with E-state index >= 15 is 0 Å². The molecule has 2 amide bonds. The Morgan fingerprint density at radius 2 is 1.63 bits per heavy atom. The van der Waals surface area contributed by atoms with Crippen molar-refractivity contribution < 1.29 is 14.3 Å². The van der Waals surface area contributed by atoms with Crippen LogP contribution in [0.15, 0.2) is 0 Å². The molecule has 0 saturated carbocycles. The van der Waals surface area contributed by atoms with Gasteiger partial charge in [0.25, 0.3) is 0 Å². The Morgan fingerprint density at radius 3 is 2.00 bits per heavy atom. The zero-order chi connectivity index (χ0) is 15.2. The van der Waals surface area contributed by atoms with Crippen molar-refractivity contribution in [3.05, 3.63) is 0 Å². The van der Waals surface area contributed by atoms with Crippen LogP contribution in [0.5, 0.6) is 0 Å². The molecule has 0 aliphatic heterocycles. The van der Waals surface area contributed by atoms with Crippen LogP contribution in [-0.4, -0.2) is 30.2 Å². The number of nitrogens with one attached hydrogen (secondary N) is 2. The molecule has 2 N–H and O–H groups in total. The van der Waals surface area contributed by atoms with Crippen molar-refractivity contribution in [3.8, 4) is 0 Å². The van der Waals surface area contributed by atoms with Crippen LogP contribution in [0.1, 0.15) is 48.5 Å². The molecular weight excluding hydrogens is 244 g/mol. The number of rotatable bonds is 5. The fourth-order valence-corrected chi connectivity index (χ4v) is 1.38. The Bertz CT molecular complexity index is 306. The van der Waals surface area contributed by atoms with Crippen LogP contribution in [0.2, 0.25) is 0 Å². The van der Waals surface area contributed by atoms with Crippen LogP contribution in [0.25, 0.3) is 0 Å². The number of ether oxygens (including phenoxy) is 1. The molecule has 1 atom stereocenters. The van der Waals surface area contributed by atoms with Crippen molar-refractivity contribution in [2.45, 2.75) is 60.1 Å². The highest BCUT2D eigenvalue weighted by molar-refractivity contribution is 5.85. The van der Waals surface area contributed by atoms with Crippen LogP contribution in [0, 0.1) is 11.8 Å². The lowest BCUT2D eigenvalue weighted by Crippen LogP contribution is -2.51. The third-order valence-electron chi connectivity index (χ3n) is 2.31. The average molecular weight is 272 g/mol. The molecule has 0 bridgehead atoms. The minimum atomic E-state index is -0.575. The number of amides is 2. The Labute approximate surface area is 116 Å². The second-order valence-electron chi connectivity index (χ2n) is 6.51. The minimum absolute atomic E-state index is 0.000296. The van der Waals surface area contributed by atoms with Gasteiger partial charge in [-0.05, 0) is 32.6 Å². The van der Waals surface area contributed by atoms with E-state index in [1.807, 2.05) is 27.7 Å². The van der Waals surface area contributed by atoms with Gasteiger partial charge in [0.05, 0.1) is 0 Å². The van der Waals surface area contributed by atoms with Gasteiger partial charge >= 0.3 is 6.09 Å². The van der Waals surface area contributed by atoms with Crippen molar-refractivity contribution in [1.29, 1.82) is 0 Å². The molecule has 112 valence electrons. The lowest BCUT2D eigenvalue weighted by Gasteiger charge is -2.25. The smallest absolute Gasteiger partial charge is 0.408 e. The van der Waals surface area contributed by atoms with E-state index in [0.717, 1.165) is 0 Å². The summed E-state index contributed by atoms with van der Waals surface area (Å²) in [6, 6.07) is -0.575. The quantitative estimate of drug-likeness (QED) is 0.807. The summed E-state index contributed by atoms with van der Waals surface area (Å²) < 4.78 is 5.16. The molecule has 0 heterocycles. The highest BCUT2D eigenvalue weighted by Gasteiger charge is 2.26. The second-order valence-corrected chi connectivity index (χ2v) is 6.51. The number of alkyl carbamates (subject to hydrolysis) is 1. The monoisotopic (exact) mass is 272 g/mol. The van der Waals surface area contributed by atoms with E-state index in [9.17, 15) is 9.59 Å². The number of carbonyl (C=O) groups is 2. The van der Waals surface area contributed by atoms with Gasteiger partial charge in [-0.2, -0.15) is 0 Å². The van der Waals surface area contributed by atoms with Gasteiger partial charge < -0.3 is 15.4 Å². The van der Waals surface area contributed by atoms with Crippen LogP contribution < -0.4 is 10.6 Å². The first-order valence-electron chi connectivity index (χ1n) is 6.80. The van der Waals surface area contributed by atoms with Crippen LogP contribution in [0.4, 0.5) is 4.79 Å². The van der Waals surface area contributed by atoms with Gasteiger partial charge in [-0.3, -0.25) is 4.79 Å². The minimum Gasteiger partial charge on any atom is -0.444 e. The molecule has 5 nitrogen and oxygen atoms in total. The first kappa shape index (κ1) is 17.7.